The molecule has 2 amide bonds. The van der Waals surface area contributed by atoms with Crippen molar-refractivity contribution in [3.05, 3.63) is 65.4 Å². The number of hydrogen-bond acceptors (Lipinski definition) is 3. The lowest BCUT2D eigenvalue weighted by molar-refractivity contribution is -0.129. The number of amides is 2. The number of likely N-dealkylation sites (N-methyl/N-ethyl adjacent to an activating group) is 1. The SMILES string of the molecule is Cc1ccnc(NC(=O)CN(C)C(=O)/C=C/c2ccc(C(C)C)cc2)c1. The molecule has 1 heterocycles. The maximum Gasteiger partial charge on any atom is 0.246 e. The van der Waals surface area contributed by atoms with Crippen LogP contribution in [0, 0.1) is 6.92 Å². The molecule has 0 saturated carbocycles. The molecule has 0 atom stereocenters. The lowest BCUT2D eigenvalue weighted by Gasteiger charge is -2.14. The molecule has 26 heavy (non-hydrogen) atoms. The quantitative estimate of drug-likeness (QED) is 0.809. The second-order valence-corrected chi connectivity index (χ2v) is 6.62. The number of pyridine rings is 1. The van der Waals surface area contributed by atoms with Gasteiger partial charge in [-0.05, 0) is 47.7 Å². The summed E-state index contributed by atoms with van der Waals surface area (Å²) in [6.07, 6.45) is 4.86. The summed E-state index contributed by atoms with van der Waals surface area (Å²) in [5.74, 6) is 0.442. The Morgan fingerprint density at radius 3 is 2.50 bits per heavy atom. The van der Waals surface area contributed by atoms with E-state index in [-0.39, 0.29) is 18.4 Å². The molecular formula is C21H25N3O2. The van der Waals surface area contributed by atoms with Gasteiger partial charge in [0, 0.05) is 19.3 Å². The zero-order valence-electron chi connectivity index (χ0n) is 15.7. The standard InChI is InChI=1S/C21H25N3O2/c1-15(2)18-8-5-17(6-9-18)7-10-21(26)24(4)14-20(25)23-19-13-16(3)11-12-22-19/h5-13,15H,14H2,1-4H3,(H,22,23,25)/b10-7+. The van der Waals surface area contributed by atoms with E-state index in [1.54, 1.807) is 25.4 Å². The summed E-state index contributed by atoms with van der Waals surface area (Å²) in [5, 5.41) is 2.69. The van der Waals surface area contributed by atoms with Crippen LogP contribution in [-0.2, 0) is 9.59 Å². The molecule has 2 rings (SSSR count). The van der Waals surface area contributed by atoms with Crippen LogP contribution < -0.4 is 5.32 Å². The van der Waals surface area contributed by atoms with Gasteiger partial charge in [-0.1, -0.05) is 38.1 Å². The van der Waals surface area contributed by atoms with Gasteiger partial charge in [0.2, 0.25) is 11.8 Å². The van der Waals surface area contributed by atoms with Crippen molar-refractivity contribution in [2.45, 2.75) is 26.7 Å². The Balaban J connectivity index is 1.89. The molecule has 0 bridgehead atoms. The maximum absolute atomic E-state index is 12.2. The van der Waals surface area contributed by atoms with Crippen molar-refractivity contribution in [2.75, 3.05) is 18.9 Å². The summed E-state index contributed by atoms with van der Waals surface area (Å²) in [6, 6.07) is 11.7. The third-order valence-electron chi connectivity index (χ3n) is 3.96. The van der Waals surface area contributed by atoms with Crippen LogP contribution in [-0.4, -0.2) is 35.3 Å². The van der Waals surface area contributed by atoms with Gasteiger partial charge < -0.3 is 10.2 Å². The topological polar surface area (TPSA) is 62.3 Å². The number of carbonyl (C=O) groups is 2. The number of carbonyl (C=O) groups excluding carboxylic acids is 2. The molecule has 0 spiro atoms. The van der Waals surface area contributed by atoms with Crippen molar-refractivity contribution >= 4 is 23.7 Å². The van der Waals surface area contributed by atoms with Crippen LogP contribution in [0.4, 0.5) is 5.82 Å². The Morgan fingerprint density at radius 2 is 1.88 bits per heavy atom. The molecule has 0 unspecified atom stereocenters. The van der Waals surface area contributed by atoms with Crippen molar-refractivity contribution in [1.29, 1.82) is 0 Å². The molecular weight excluding hydrogens is 326 g/mol. The fourth-order valence-corrected chi connectivity index (χ4v) is 2.37. The molecule has 1 aromatic carbocycles. The highest BCUT2D eigenvalue weighted by molar-refractivity contribution is 5.97. The maximum atomic E-state index is 12.2. The number of benzene rings is 1. The van der Waals surface area contributed by atoms with Crippen LogP contribution in [0.5, 0.6) is 0 Å². The van der Waals surface area contributed by atoms with E-state index < -0.39 is 0 Å². The monoisotopic (exact) mass is 351 g/mol. The smallest absolute Gasteiger partial charge is 0.246 e. The lowest BCUT2D eigenvalue weighted by atomic mass is 10.0. The van der Waals surface area contributed by atoms with Crippen molar-refractivity contribution in [3.63, 3.8) is 0 Å². The highest BCUT2D eigenvalue weighted by Gasteiger charge is 2.11. The van der Waals surface area contributed by atoms with Crippen LogP contribution in [0.3, 0.4) is 0 Å². The second kappa shape index (κ2) is 8.94. The summed E-state index contributed by atoms with van der Waals surface area (Å²) < 4.78 is 0. The number of anilines is 1. The average Bonchev–Trinajstić information content (AvgIpc) is 2.59. The van der Waals surface area contributed by atoms with Gasteiger partial charge in [0.25, 0.3) is 0 Å². The molecule has 5 nitrogen and oxygen atoms in total. The van der Waals surface area contributed by atoms with Gasteiger partial charge >= 0.3 is 0 Å². The number of aryl methyl sites for hydroxylation is 1. The number of nitrogens with zero attached hydrogens (tertiary/aromatic N) is 2. The highest BCUT2D eigenvalue weighted by Crippen LogP contribution is 2.15. The molecule has 0 fully saturated rings. The van der Waals surface area contributed by atoms with E-state index in [0.29, 0.717) is 11.7 Å². The van der Waals surface area contributed by atoms with Crippen molar-refractivity contribution in [2.24, 2.45) is 0 Å². The predicted molar refractivity (Wildman–Crippen MR) is 105 cm³/mol. The summed E-state index contributed by atoms with van der Waals surface area (Å²) in [4.78, 5) is 29.7. The molecule has 136 valence electrons. The van der Waals surface area contributed by atoms with E-state index in [0.717, 1.165) is 11.1 Å². The first kappa shape index (κ1) is 19.4. The second-order valence-electron chi connectivity index (χ2n) is 6.62. The molecule has 1 aromatic heterocycles. The van der Waals surface area contributed by atoms with Gasteiger partial charge in [0.15, 0.2) is 0 Å². The number of nitrogens with one attached hydrogen (secondary N) is 1. The fourth-order valence-electron chi connectivity index (χ4n) is 2.37. The minimum absolute atomic E-state index is 0.0366. The molecule has 0 aliphatic carbocycles. The molecule has 1 N–H and O–H groups in total. The van der Waals surface area contributed by atoms with E-state index in [1.807, 2.05) is 25.1 Å². The minimum atomic E-state index is -0.284. The number of aromatic nitrogens is 1. The predicted octanol–water partition coefficient (Wildman–Crippen LogP) is 3.62. The summed E-state index contributed by atoms with van der Waals surface area (Å²) in [7, 11) is 1.60. The van der Waals surface area contributed by atoms with Gasteiger partial charge in [-0.15, -0.1) is 0 Å². The Morgan fingerprint density at radius 1 is 1.19 bits per heavy atom. The van der Waals surface area contributed by atoms with E-state index in [1.165, 1.54) is 16.5 Å². The zero-order valence-corrected chi connectivity index (χ0v) is 15.7. The van der Waals surface area contributed by atoms with Crippen molar-refractivity contribution < 1.29 is 9.59 Å². The normalized spacial score (nSPS) is 11.0. The zero-order chi connectivity index (χ0) is 19.1. The van der Waals surface area contributed by atoms with E-state index >= 15 is 0 Å². The van der Waals surface area contributed by atoms with Gasteiger partial charge in [-0.2, -0.15) is 0 Å². The fraction of sp³-hybridized carbons (Fsp3) is 0.286. The van der Waals surface area contributed by atoms with Crippen LogP contribution in [0.2, 0.25) is 0 Å². The summed E-state index contributed by atoms with van der Waals surface area (Å²) in [5.41, 5.74) is 3.21. The Hall–Kier alpha value is -2.95. The third-order valence-corrected chi connectivity index (χ3v) is 3.96. The molecule has 0 aliphatic rings. The Kier molecular flexibility index (Phi) is 6.67. The number of hydrogen-bond donors (Lipinski definition) is 1. The van der Waals surface area contributed by atoms with Crippen LogP contribution in [0.15, 0.2) is 48.7 Å². The van der Waals surface area contributed by atoms with Gasteiger partial charge in [-0.25, -0.2) is 4.98 Å². The first-order chi connectivity index (χ1) is 12.3. The molecule has 0 saturated heterocycles. The van der Waals surface area contributed by atoms with Crippen LogP contribution in [0.25, 0.3) is 6.08 Å². The lowest BCUT2D eigenvalue weighted by Crippen LogP contribution is -2.34. The minimum Gasteiger partial charge on any atom is -0.333 e. The summed E-state index contributed by atoms with van der Waals surface area (Å²) in [6.45, 7) is 6.16. The van der Waals surface area contributed by atoms with Crippen molar-refractivity contribution in [3.8, 4) is 0 Å². The Labute approximate surface area is 154 Å². The number of rotatable bonds is 6. The van der Waals surface area contributed by atoms with Gasteiger partial charge in [0.1, 0.15) is 5.82 Å². The first-order valence-electron chi connectivity index (χ1n) is 8.61. The largest absolute Gasteiger partial charge is 0.333 e. The van der Waals surface area contributed by atoms with Gasteiger partial charge in [0.05, 0.1) is 6.54 Å². The van der Waals surface area contributed by atoms with Crippen LogP contribution >= 0.6 is 0 Å². The highest BCUT2D eigenvalue weighted by atomic mass is 16.2. The third kappa shape index (κ3) is 5.84. The van der Waals surface area contributed by atoms with E-state index in [9.17, 15) is 9.59 Å². The molecule has 2 aromatic rings. The first-order valence-corrected chi connectivity index (χ1v) is 8.61. The van der Waals surface area contributed by atoms with Gasteiger partial charge in [-0.3, -0.25) is 9.59 Å². The molecule has 5 heteroatoms. The average molecular weight is 351 g/mol. The molecule has 0 radical (unpaired) electrons. The van der Waals surface area contributed by atoms with E-state index in [2.05, 4.69) is 36.3 Å². The van der Waals surface area contributed by atoms with E-state index in [4.69, 9.17) is 0 Å². The summed E-state index contributed by atoms with van der Waals surface area (Å²) >= 11 is 0. The molecule has 0 aliphatic heterocycles. The Bertz CT molecular complexity index is 795. The van der Waals surface area contributed by atoms with Crippen LogP contribution in [0.1, 0.15) is 36.5 Å². The van der Waals surface area contributed by atoms with Crippen molar-refractivity contribution in [1.82, 2.24) is 9.88 Å².